The van der Waals surface area contributed by atoms with Crippen LogP contribution in [0.5, 0.6) is 0 Å². The number of fused-ring (bicyclic) bond motifs is 1. The van der Waals surface area contributed by atoms with Crippen molar-refractivity contribution in [2.75, 3.05) is 16.0 Å². The first-order valence-corrected chi connectivity index (χ1v) is 10.2. The first kappa shape index (κ1) is 20.6. The zero-order chi connectivity index (χ0) is 22.0. The van der Waals surface area contributed by atoms with Crippen LogP contribution in [0.4, 0.5) is 23.1 Å². The standard InChI is InChI=1S/C22H20ClN5O3/c1-2-12-3-7-14(8-4-12)24-20(30)16-11-17(29)26-19-18(16)21(31)28-22(27-19)25-15-9-5-13(23)6-10-15/h3-10,16H,2,11H2,1H3,(H,24,30)(H3,25,26,27,28,29,31)/t16-/m0/s1. The Balaban J connectivity index is 1.60. The van der Waals surface area contributed by atoms with Crippen LogP contribution in [0.15, 0.2) is 53.3 Å². The van der Waals surface area contributed by atoms with E-state index in [9.17, 15) is 14.4 Å². The fraction of sp³-hybridized carbons (Fsp3) is 0.182. The summed E-state index contributed by atoms with van der Waals surface area (Å²) in [6.07, 6.45) is 0.748. The van der Waals surface area contributed by atoms with Gasteiger partial charge in [0, 0.05) is 22.8 Å². The molecule has 0 unspecified atom stereocenters. The molecule has 2 heterocycles. The third-order valence-electron chi connectivity index (χ3n) is 5.00. The van der Waals surface area contributed by atoms with E-state index in [1.54, 1.807) is 36.4 Å². The number of aromatic amines is 1. The number of amides is 2. The van der Waals surface area contributed by atoms with E-state index in [1.807, 2.05) is 19.1 Å². The fourth-order valence-corrected chi connectivity index (χ4v) is 3.50. The molecule has 0 radical (unpaired) electrons. The van der Waals surface area contributed by atoms with Crippen molar-refractivity contribution < 1.29 is 9.59 Å². The van der Waals surface area contributed by atoms with Crippen LogP contribution in [0.3, 0.4) is 0 Å². The Morgan fingerprint density at radius 2 is 1.77 bits per heavy atom. The maximum absolute atomic E-state index is 12.9. The minimum Gasteiger partial charge on any atom is -0.326 e. The molecule has 2 amide bonds. The molecule has 0 saturated carbocycles. The van der Waals surface area contributed by atoms with Crippen molar-refractivity contribution in [2.24, 2.45) is 0 Å². The van der Waals surface area contributed by atoms with Crippen LogP contribution < -0.4 is 21.5 Å². The number of halogens is 1. The van der Waals surface area contributed by atoms with E-state index in [-0.39, 0.29) is 29.7 Å². The second-order valence-corrected chi connectivity index (χ2v) is 7.59. The Morgan fingerprint density at radius 3 is 2.45 bits per heavy atom. The van der Waals surface area contributed by atoms with E-state index in [1.165, 1.54) is 0 Å². The predicted molar refractivity (Wildman–Crippen MR) is 120 cm³/mol. The molecule has 8 nitrogen and oxygen atoms in total. The molecule has 158 valence electrons. The normalized spacial score (nSPS) is 15.0. The number of rotatable bonds is 5. The lowest BCUT2D eigenvalue weighted by atomic mass is 9.92. The molecule has 2 aromatic carbocycles. The number of hydrogen-bond donors (Lipinski definition) is 4. The molecule has 1 atom stereocenters. The number of aromatic nitrogens is 2. The van der Waals surface area contributed by atoms with Crippen molar-refractivity contribution in [3.8, 4) is 0 Å². The van der Waals surface area contributed by atoms with Crippen LogP contribution in [-0.4, -0.2) is 21.8 Å². The van der Waals surface area contributed by atoms with E-state index >= 15 is 0 Å². The summed E-state index contributed by atoms with van der Waals surface area (Å²) >= 11 is 5.88. The first-order valence-electron chi connectivity index (χ1n) is 9.79. The minimum atomic E-state index is -0.949. The number of nitrogens with zero attached hydrogens (tertiary/aromatic N) is 1. The SMILES string of the molecule is CCc1ccc(NC(=O)[C@H]2CC(=O)Nc3nc(Nc4ccc(Cl)cc4)[nH]c(=O)c32)cc1. The predicted octanol–water partition coefficient (Wildman–Crippen LogP) is 3.79. The molecule has 1 aliphatic heterocycles. The summed E-state index contributed by atoms with van der Waals surface area (Å²) in [6, 6.07) is 14.2. The first-order chi connectivity index (χ1) is 14.9. The Kier molecular flexibility index (Phi) is 5.73. The maximum Gasteiger partial charge on any atom is 0.258 e. The highest BCUT2D eigenvalue weighted by Crippen LogP contribution is 2.30. The van der Waals surface area contributed by atoms with E-state index in [2.05, 4.69) is 25.9 Å². The summed E-state index contributed by atoms with van der Waals surface area (Å²) in [7, 11) is 0. The van der Waals surface area contributed by atoms with Crippen molar-refractivity contribution in [3.05, 3.63) is 75.0 Å². The Bertz CT molecular complexity index is 1190. The van der Waals surface area contributed by atoms with Crippen LogP contribution in [0.1, 0.15) is 30.4 Å². The zero-order valence-corrected chi connectivity index (χ0v) is 17.4. The lowest BCUT2D eigenvalue weighted by Gasteiger charge is -2.23. The average molecular weight is 438 g/mol. The van der Waals surface area contributed by atoms with Gasteiger partial charge in [0.2, 0.25) is 17.8 Å². The number of H-pyrrole nitrogens is 1. The monoisotopic (exact) mass is 437 g/mol. The Labute approximate surface area is 183 Å². The van der Waals surface area contributed by atoms with Gasteiger partial charge in [0.05, 0.1) is 11.5 Å². The summed E-state index contributed by atoms with van der Waals surface area (Å²) in [5, 5.41) is 8.90. The molecule has 0 saturated heterocycles. The number of benzene rings is 2. The van der Waals surface area contributed by atoms with Gasteiger partial charge in [-0.3, -0.25) is 19.4 Å². The third kappa shape index (κ3) is 4.59. The van der Waals surface area contributed by atoms with Crippen LogP contribution in [-0.2, 0) is 16.0 Å². The van der Waals surface area contributed by atoms with Crippen LogP contribution in [0.2, 0.25) is 5.02 Å². The highest BCUT2D eigenvalue weighted by molar-refractivity contribution is 6.30. The molecule has 0 bridgehead atoms. The van der Waals surface area contributed by atoms with Crippen molar-refractivity contribution in [1.82, 2.24) is 9.97 Å². The van der Waals surface area contributed by atoms with Gasteiger partial charge in [-0.05, 0) is 48.4 Å². The topological polar surface area (TPSA) is 116 Å². The highest BCUT2D eigenvalue weighted by atomic mass is 35.5. The summed E-state index contributed by atoms with van der Waals surface area (Å²) in [6.45, 7) is 2.04. The van der Waals surface area contributed by atoms with Crippen molar-refractivity contribution in [1.29, 1.82) is 0 Å². The largest absolute Gasteiger partial charge is 0.326 e. The molecule has 1 aliphatic rings. The summed E-state index contributed by atoms with van der Waals surface area (Å²) in [4.78, 5) is 44.8. The molecule has 0 fully saturated rings. The fourth-order valence-electron chi connectivity index (χ4n) is 3.38. The van der Waals surface area contributed by atoms with Crippen LogP contribution >= 0.6 is 11.6 Å². The second-order valence-electron chi connectivity index (χ2n) is 7.15. The third-order valence-corrected chi connectivity index (χ3v) is 5.26. The molecule has 4 rings (SSSR count). The number of aryl methyl sites for hydroxylation is 1. The lowest BCUT2D eigenvalue weighted by Crippen LogP contribution is -2.36. The van der Waals surface area contributed by atoms with Gasteiger partial charge in [-0.25, -0.2) is 0 Å². The molecule has 31 heavy (non-hydrogen) atoms. The lowest BCUT2D eigenvalue weighted by molar-refractivity contribution is -0.123. The van der Waals surface area contributed by atoms with Crippen molar-refractivity contribution in [2.45, 2.75) is 25.7 Å². The number of carbonyl (C=O) groups excluding carboxylic acids is 2. The van der Waals surface area contributed by atoms with Crippen LogP contribution in [0, 0.1) is 0 Å². The highest BCUT2D eigenvalue weighted by Gasteiger charge is 2.34. The summed E-state index contributed by atoms with van der Waals surface area (Å²) in [5.41, 5.74) is 2.02. The number of nitrogens with one attached hydrogen (secondary N) is 4. The Morgan fingerprint density at radius 1 is 1.10 bits per heavy atom. The van der Waals surface area contributed by atoms with E-state index in [0.29, 0.717) is 16.4 Å². The van der Waals surface area contributed by atoms with Gasteiger partial charge in [0.25, 0.3) is 5.56 Å². The Hall–Kier alpha value is -3.65. The summed E-state index contributed by atoms with van der Waals surface area (Å²) in [5.74, 6) is -1.56. The van der Waals surface area contributed by atoms with Gasteiger partial charge in [-0.1, -0.05) is 30.7 Å². The van der Waals surface area contributed by atoms with Gasteiger partial charge in [-0.2, -0.15) is 4.98 Å². The van der Waals surface area contributed by atoms with Crippen molar-refractivity contribution >= 4 is 46.6 Å². The molecule has 9 heteroatoms. The van der Waals surface area contributed by atoms with E-state index in [4.69, 9.17) is 11.6 Å². The zero-order valence-electron chi connectivity index (χ0n) is 16.7. The van der Waals surface area contributed by atoms with Gasteiger partial charge in [-0.15, -0.1) is 0 Å². The number of carbonyl (C=O) groups is 2. The van der Waals surface area contributed by atoms with Gasteiger partial charge in [0.1, 0.15) is 5.82 Å². The molecule has 3 aromatic rings. The molecule has 0 aliphatic carbocycles. The van der Waals surface area contributed by atoms with Crippen LogP contribution in [0.25, 0.3) is 0 Å². The van der Waals surface area contributed by atoms with Gasteiger partial charge < -0.3 is 16.0 Å². The molecular formula is C22H20ClN5O3. The number of hydrogen-bond acceptors (Lipinski definition) is 5. The smallest absolute Gasteiger partial charge is 0.258 e. The average Bonchev–Trinajstić information content (AvgIpc) is 2.75. The van der Waals surface area contributed by atoms with E-state index < -0.39 is 17.4 Å². The maximum atomic E-state index is 12.9. The molecular weight excluding hydrogens is 418 g/mol. The van der Waals surface area contributed by atoms with Gasteiger partial charge >= 0.3 is 0 Å². The molecule has 0 spiro atoms. The van der Waals surface area contributed by atoms with Crippen molar-refractivity contribution in [3.63, 3.8) is 0 Å². The second kappa shape index (κ2) is 8.61. The van der Waals surface area contributed by atoms with E-state index in [0.717, 1.165) is 12.0 Å². The molecule has 1 aromatic heterocycles. The number of anilines is 4. The van der Waals surface area contributed by atoms with Gasteiger partial charge in [0.15, 0.2) is 0 Å². The quantitative estimate of drug-likeness (QED) is 0.484. The summed E-state index contributed by atoms with van der Waals surface area (Å²) < 4.78 is 0. The molecule has 4 N–H and O–H groups in total. The minimum absolute atomic E-state index is 0.0675.